The lowest BCUT2D eigenvalue weighted by Crippen LogP contribution is -2.25. The number of nitrogens with two attached hydrogens (primary N) is 1. The number of rotatable bonds is 9. The van der Waals surface area contributed by atoms with Crippen LogP contribution in [0.4, 0.5) is 5.69 Å². The second kappa shape index (κ2) is 12.7. The number of hydrogen-bond donors (Lipinski definition) is 2. The molecule has 1 rings (SSSR count). The van der Waals surface area contributed by atoms with Crippen LogP contribution in [0.2, 0.25) is 0 Å². The first kappa shape index (κ1) is 21.1. The quantitative estimate of drug-likeness (QED) is 0.279. The van der Waals surface area contributed by atoms with Crippen LogP contribution in [0.5, 0.6) is 0 Å². The number of nitrogens with one attached hydrogen (secondary N) is 1. The van der Waals surface area contributed by atoms with Crippen LogP contribution in [0.15, 0.2) is 29.3 Å². The molecule has 0 fully saturated rings. The number of ether oxygens (including phenoxy) is 1. The van der Waals surface area contributed by atoms with Gasteiger partial charge in [-0.15, -0.1) is 24.0 Å². The molecule has 0 aliphatic heterocycles. The second-order valence-corrected chi connectivity index (χ2v) is 5.10. The summed E-state index contributed by atoms with van der Waals surface area (Å²) in [7, 11) is 3.80. The highest BCUT2D eigenvalue weighted by Crippen LogP contribution is 2.10. The molecule has 0 unspecified atom stereocenters. The van der Waals surface area contributed by atoms with Gasteiger partial charge < -0.3 is 20.7 Å². The summed E-state index contributed by atoms with van der Waals surface area (Å²) in [6.45, 7) is 5.56. The summed E-state index contributed by atoms with van der Waals surface area (Å²) in [4.78, 5) is 6.58. The van der Waals surface area contributed by atoms with Crippen LogP contribution >= 0.6 is 24.0 Å². The van der Waals surface area contributed by atoms with E-state index in [1.54, 1.807) is 7.11 Å². The lowest BCUT2D eigenvalue weighted by Gasteiger charge is -2.15. The highest BCUT2D eigenvalue weighted by molar-refractivity contribution is 14.0. The molecule has 0 atom stereocenters. The molecule has 126 valence electrons. The Morgan fingerprint density at radius 2 is 2.14 bits per heavy atom. The number of methoxy groups -OCH3 is 1. The molecule has 6 heteroatoms. The van der Waals surface area contributed by atoms with Gasteiger partial charge in [0.2, 0.25) is 0 Å². The van der Waals surface area contributed by atoms with Gasteiger partial charge in [-0.05, 0) is 44.1 Å². The number of halogens is 1. The highest BCUT2D eigenvalue weighted by atomic mass is 127. The van der Waals surface area contributed by atoms with Crippen molar-refractivity contribution in [3.05, 3.63) is 29.8 Å². The molecule has 22 heavy (non-hydrogen) atoms. The van der Waals surface area contributed by atoms with Crippen LogP contribution in [0.1, 0.15) is 18.9 Å². The summed E-state index contributed by atoms with van der Waals surface area (Å²) in [5.41, 5.74) is 8.18. The summed E-state index contributed by atoms with van der Waals surface area (Å²) in [5, 5.41) is 3.13. The van der Waals surface area contributed by atoms with Crippen molar-refractivity contribution in [3.63, 3.8) is 0 Å². The molecule has 0 aromatic heterocycles. The first-order valence-corrected chi connectivity index (χ1v) is 7.49. The molecule has 0 aliphatic carbocycles. The summed E-state index contributed by atoms with van der Waals surface area (Å²) in [6.07, 6.45) is 2.00. The van der Waals surface area contributed by atoms with Gasteiger partial charge in [0, 0.05) is 25.9 Å². The van der Waals surface area contributed by atoms with Crippen LogP contribution < -0.4 is 11.1 Å². The van der Waals surface area contributed by atoms with Crippen LogP contribution in [0.25, 0.3) is 0 Å². The molecule has 1 aromatic rings. The van der Waals surface area contributed by atoms with Crippen molar-refractivity contribution >= 4 is 35.6 Å². The lowest BCUT2D eigenvalue weighted by atomic mass is 10.1. The maximum Gasteiger partial charge on any atom is 0.193 e. The third-order valence-corrected chi connectivity index (χ3v) is 3.26. The first-order chi connectivity index (χ1) is 10.2. The van der Waals surface area contributed by atoms with Crippen LogP contribution in [-0.2, 0) is 11.2 Å². The summed E-state index contributed by atoms with van der Waals surface area (Å²) >= 11 is 0. The van der Waals surface area contributed by atoms with E-state index >= 15 is 0 Å². The predicted octanol–water partition coefficient (Wildman–Crippen LogP) is 2.56. The lowest BCUT2D eigenvalue weighted by molar-refractivity contribution is 0.161. The van der Waals surface area contributed by atoms with Gasteiger partial charge in [-0.3, -0.25) is 4.99 Å². The number of likely N-dealkylation sites (N-methyl/N-ethyl adjacent to an activating group) is 1. The molecule has 0 spiro atoms. The number of guanidine groups is 1. The molecule has 1 aromatic carbocycles. The Morgan fingerprint density at radius 1 is 1.36 bits per heavy atom. The van der Waals surface area contributed by atoms with Gasteiger partial charge in [-0.2, -0.15) is 0 Å². The van der Waals surface area contributed by atoms with Crippen LogP contribution in [0.3, 0.4) is 0 Å². The zero-order valence-electron chi connectivity index (χ0n) is 13.8. The monoisotopic (exact) mass is 420 g/mol. The third-order valence-electron chi connectivity index (χ3n) is 3.26. The normalized spacial score (nSPS) is 11.4. The van der Waals surface area contributed by atoms with E-state index in [0.717, 1.165) is 44.8 Å². The predicted molar refractivity (Wildman–Crippen MR) is 105 cm³/mol. The van der Waals surface area contributed by atoms with Crippen molar-refractivity contribution in [2.24, 2.45) is 10.7 Å². The van der Waals surface area contributed by atoms with E-state index in [4.69, 9.17) is 10.5 Å². The molecule has 0 heterocycles. The zero-order chi connectivity index (χ0) is 15.5. The highest BCUT2D eigenvalue weighted by Gasteiger charge is 1.98. The average molecular weight is 420 g/mol. The number of benzene rings is 1. The molecular weight excluding hydrogens is 391 g/mol. The topological polar surface area (TPSA) is 62.9 Å². The van der Waals surface area contributed by atoms with E-state index in [1.807, 2.05) is 12.1 Å². The van der Waals surface area contributed by atoms with E-state index in [0.29, 0.717) is 5.96 Å². The maximum atomic E-state index is 5.90. The van der Waals surface area contributed by atoms with Gasteiger partial charge in [0.05, 0.1) is 6.61 Å². The van der Waals surface area contributed by atoms with Gasteiger partial charge >= 0.3 is 0 Å². The van der Waals surface area contributed by atoms with E-state index in [1.165, 1.54) is 5.56 Å². The smallest absolute Gasteiger partial charge is 0.193 e. The Bertz CT molecular complexity index is 440. The Kier molecular flexibility index (Phi) is 12.2. The minimum atomic E-state index is 0. The number of nitrogens with zero attached hydrogens (tertiary/aromatic N) is 2. The van der Waals surface area contributed by atoms with Crippen LogP contribution in [-0.4, -0.2) is 51.3 Å². The van der Waals surface area contributed by atoms with Gasteiger partial charge in [-0.25, -0.2) is 0 Å². The standard InChI is InChI=1S/C16H28N4O.HI/c1-4-14-7-5-8-15(13-14)19-16(17)18-9-6-10-20(2)11-12-21-3;/h5,7-8,13H,4,6,9-12H2,1-3H3,(H3,17,18,19);1H. The Hall–Kier alpha value is -0.860. The average Bonchev–Trinajstić information content (AvgIpc) is 2.49. The second-order valence-electron chi connectivity index (χ2n) is 5.10. The summed E-state index contributed by atoms with van der Waals surface area (Å²) in [6, 6.07) is 8.23. The van der Waals surface area contributed by atoms with Crippen molar-refractivity contribution < 1.29 is 4.74 Å². The molecule has 0 aliphatic rings. The summed E-state index contributed by atoms with van der Waals surface area (Å²) in [5.74, 6) is 0.475. The van der Waals surface area contributed by atoms with E-state index in [-0.39, 0.29) is 24.0 Å². The first-order valence-electron chi connectivity index (χ1n) is 7.49. The maximum absolute atomic E-state index is 5.90. The minimum Gasteiger partial charge on any atom is -0.383 e. The number of aliphatic imine (C=N–C) groups is 1. The van der Waals surface area contributed by atoms with Crippen molar-refractivity contribution in [1.29, 1.82) is 0 Å². The molecule has 0 amide bonds. The van der Waals surface area contributed by atoms with Gasteiger partial charge in [0.15, 0.2) is 5.96 Å². The fourth-order valence-electron chi connectivity index (χ4n) is 1.96. The Labute approximate surface area is 151 Å². The molecule has 5 nitrogen and oxygen atoms in total. The van der Waals surface area contributed by atoms with Crippen molar-refractivity contribution in [2.75, 3.05) is 45.7 Å². The van der Waals surface area contributed by atoms with Gasteiger partial charge in [0.1, 0.15) is 0 Å². The third kappa shape index (κ3) is 9.22. The largest absolute Gasteiger partial charge is 0.383 e. The van der Waals surface area contributed by atoms with Crippen LogP contribution in [0, 0.1) is 0 Å². The molecule has 0 saturated heterocycles. The Balaban J connectivity index is 0.00000441. The van der Waals surface area contributed by atoms with Gasteiger partial charge in [0.25, 0.3) is 0 Å². The fourth-order valence-corrected chi connectivity index (χ4v) is 1.96. The number of anilines is 1. The SMILES string of the molecule is CCc1cccc(NC(N)=NCCCN(C)CCOC)c1.I. The minimum absolute atomic E-state index is 0. The van der Waals surface area contributed by atoms with Crippen molar-refractivity contribution in [3.8, 4) is 0 Å². The fraction of sp³-hybridized carbons (Fsp3) is 0.562. The number of hydrogen-bond acceptors (Lipinski definition) is 3. The van der Waals surface area contributed by atoms with Gasteiger partial charge in [-0.1, -0.05) is 19.1 Å². The molecule has 3 N–H and O–H groups in total. The van der Waals surface area contributed by atoms with E-state index in [9.17, 15) is 0 Å². The molecule has 0 radical (unpaired) electrons. The summed E-state index contributed by atoms with van der Waals surface area (Å²) < 4.78 is 5.04. The van der Waals surface area contributed by atoms with Crippen molar-refractivity contribution in [1.82, 2.24) is 4.90 Å². The molecule has 0 saturated carbocycles. The molecule has 0 bridgehead atoms. The number of aryl methyl sites for hydroxylation is 1. The van der Waals surface area contributed by atoms with Crippen molar-refractivity contribution in [2.45, 2.75) is 19.8 Å². The van der Waals surface area contributed by atoms with E-state index in [2.05, 4.69) is 41.3 Å². The molecular formula is C16H29IN4O. The Morgan fingerprint density at radius 3 is 2.82 bits per heavy atom. The zero-order valence-corrected chi connectivity index (χ0v) is 16.2. The van der Waals surface area contributed by atoms with E-state index < -0.39 is 0 Å².